The van der Waals surface area contributed by atoms with Crippen molar-refractivity contribution in [3.8, 4) is 0 Å². The lowest BCUT2D eigenvalue weighted by Crippen LogP contribution is -2.14. The van der Waals surface area contributed by atoms with E-state index in [9.17, 15) is 5.11 Å². The van der Waals surface area contributed by atoms with Gasteiger partial charge in [0.2, 0.25) is 0 Å². The van der Waals surface area contributed by atoms with Crippen LogP contribution in [0.4, 0.5) is 5.69 Å². The van der Waals surface area contributed by atoms with Crippen molar-refractivity contribution >= 4 is 5.69 Å². The minimum Gasteiger partial charge on any atom is -0.388 e. The highest BCUT2D eigenvalue weighted by Gasteiger charge is 2.17. The van der Waals surface area contributed by atoms with Gasteiger partial charge < -0.3 is 10.4 Å². The van der Waals surface area contributed by atoms with Crippen molar-refractivity contribution in [3.63, 3.8) is 0 Å². The van der Waals surface area contributed by atoms with E-state index in [0.717, 1.165) is 11.3 Å². The smallest absolute Gasteiger partial charge is 0.0812 e. The van der Waals surface area contributed by atoms with Gasteiger partial charge in [-0.15, -0.1) is 0 Å². The molecule has 2 N–H and O–H groups in total. The molecule has 0 radical (unpaired) electrons. The quantitative estimate of drug-likeness (QED) is 0.674. The predicted octanol–water partition coefficient (Wildman–Crippen LogP) is 4.96. The molecule has 0 saturated heterocycles. The Morgan fingerprint density at radius 2 is 1.13 bits per heavy atom. The normalized spacial score (nSPS) is 13.3. The van der Waals surface area contributed by atoms with Crippen molar-refractivity contribution in [2.24, 2.45) is 0 Å². The van der Waals surface area contributed by atoms with Gasteiger partial charge in [-0.2, -0.15) is 0 Å². The third kappa shape index (κ3) is 4.21. The van der Waals surface area contributed by atoms with Crippen LogP contribution in [0.5, 0.6) is 0 Å². The van der Waals surface area contributed by atoms with Crippen molar-refractivity contribution in [2.75, 3.05) is 5.32 Å². The van der Waals surface area contributed by atoms with E-state index >= 15 is 0 Å². The fraction of sp³-hybridized carbons (Fsp3) is 0.143. The molecule has 0 amide bonds. The lowest BCUT2D eigenvalue weighted by molar-refractivity contribution is 0.160. The van der Waals surface area contributed by atoms with Gasteiger partial charge in [0.05, 0.1) is 12.1 Å². The maximum absolute atomic E-state index is 10.6. The number of benzene rings is 3. The molecular formula is C21H21NO. The van der Waals surface area contributed by atoms with Crippen LogP contribution in [-0.4, -0.2) is 5.11 Å². The van der Waals surface area contributed by atoms with Gasteiger partial charge >= 0.3 is 0 Å². The summed E-state index contributed by atoms with van der Waals surface area (Å²) in [5, 5.41) is 14.1. The van der Waals surface area contributed by atoms with E-state index in [1.807, 2.05) is 78.9 Å². The number of rotatable bonds is 6. The number of nitrogens with one attached hydrogen (secondary N) is 1. The number of aliphatic hydroxyl groups is 1. The highest BCUT2D eigenvalue weighted by molar-refractivity contribution is 5.45. The number of hydrogen-bond acceptors (Lipinski definition) is 2. The minimum absolute atomic E-state index is 0.0498. The molecular weight excluding hydrogens is 282 g/mol. The summed E-state index contributed by atoms with van der Waals surface area (Å²) < 4.78 is 0. The Bertz CT molecular complexity index is 698. The molecule has 3 aromatic rings. The van der Waals surface area contributed by atoms with Crippen LogP contribution in [0.15, 0.2) is 91.0 Å². The Hall–Kier alpha value is -2.58. The Morgan fingerprint density at radius 1 is 0.652 bits per heavy atom. The SMILES string of the molecule is O[C@H](C[C@@H](Nc1ccccc1)c1ccccc1)c1ccccc1. The summed E-state index contributed by atoms with van der Waals surface area (Å²) in [6.45, 7) is 0. The van der Waals surface area contributed by atoms with E-state index in [1.165, 1.54) is 5.56 Å². The third-order valence-corrected chi connectivity index (χ3v) is 3.96. The van der Waals surface area contributed by atoms with Crippen LogP contribution >= 0.6 is 0 Å². The Kier molecular flexibility index (Phi) is 5.07. The zero-order valence-electron chi connectivity index (χ0n) is 13.0. The first-order valence-electron chi connectivity index (χ1n) is 7.92. The lowest BCUT2D eigenvalue weighted by atomic mass is 9.96. The maximum Gasteiger partial charge on any atom is 0.0812 e. The van der Waals surface area contributed by atoms with Gasteiger partial charge in [0.15, 0.2) is 0 Å². The summed E-state index contributed by atoms with van der Waals surface area (Å²) in [6.07, 6.45) is 0.112. The average molecular weight is 303 g/mol. The van der Waals surface area contributed by atoms with Gasteiger partial charge in [0, 0.05) is 12.1 Å². The molecule has 3 rings (SSSR count). The summed E-state index contributed by atoms with van der Waals surface area (Å²) in [4.78, 5) is 0. The first-order chi connectivity index (χ1) is 11.3. The number of hydrogen-bond donors (Lipinski definition) is 2. The molecule has 0 aliphatic rings. The second-order valence-electron chi connectivity index (χ2n) is 5.64. The highest BCUT2D eigenvalue weighted by Crippen LogP contribution is 2.29. The predicted molar refractivity (Wildman–Crippen MR) is 95.3 cm³/mol. The number of aliphatic hydroxyl groups excluding tert-OH is 1. The topological polar surface area (TPSA) is 32.3 Å². The summed E-state index contributed by atoms with van der Waals surface area (Å²) >= 11 is 0. The molecule has 2 heteroatoms. The molecule has 0 aromatic heterocycles. The van der Waals surface area contributed by atoms with Gasteiger partial charge in [-0.1, -0.05) is 78.9 Å². The van der Waals surface area contributed by atoms with Crippen molar-refractivity contribution < 1.29 is 5.11 Å². The first kappa shape index (κ1) is 15.3. The molecule has 0 heterocycles. The summed E-state index contributed by atoms with van der Waals surface area (Å²) in [5.74, 6) is 0. The monoisotopic (exact) mass is 303 g/mol. The molecule has 23 heavy (non-hydrogen) atoms. The van der Waals surface area contributed by atoms with Gasteiger partial charge in [-0.3, -0.25) is 0 Å². The molecule has 0 aliphatic carbocycles. The average Bonchev–Trinajstić information content (AvgIpc) is 2.63. The van der Waals surface area contributed by atoms with Crippen LogP contribution in [0.2, 0.25) is 0 Å². The van der Waals surface area contributed by atoms with Crippen LogP contribution < -0.4 is 5.32 Å². The Balaban J connectivity index is 1.81. The van der Waals surface area contributed by atoms with E-state index in [2.05, 4.69) is 17.4 Å². The molecule has 0 spiro atoms. The van der Waals surface area contributed by atoms with Gasteiger partial charge in [-0.25, -0.2) is 0 Å². The second kappa shape index (κ2) is 7.61. The lowest BCUT2D eigenvalue weighted by Gasteiger charge is -2.23. The van der Waals surface area contributed by atoms with E-state index < -0.39 is 6.10 Å². The van der Waals surface area contributed by atoms with Crippen LogP contribution in [0.1, 0.15) is 29.7 Å². The van der Waals surface area contributed by atoms with Crippen molar-refractivity contribution in [2.45, 2.75) is 18.6 Å². The van der Waals surface area contributed by atoms with Gasteiger partial charge in [0.1, 0.15) is 0 Å². The van der Waals surface area contributed by atoms with Crippen LogP contribution in [0.3, 0.4) is 0 Å². The molecule has 116 valence electrons. The third-order valence-electron chi connectivity index (χ3n) is 3.96. The molecule has 3 aromatic carbocycles. The summed E-state index contributed by atoms with van der Waals surface area (Å²) in [7, 11) is 0. The summed E-state index contributed by atoms with van der Waals surface area (Å²) in [5.41, 5.74) is 3.18. The molecule has 0 aliphatic heterocycles. The van der Waals surface area contributed by atoms with Gasteiger partial charge in [0.25, 0.3) is 0 Å². The first-order valence-corrected chi connectivity index (χ1v) is 7.92. The van der Waals surface area contributed by atoms with Crippen LogP contribution in [-0.2, 0) is 0 Å². The van der Waals surface area contributed by atoms with Crippen molar-refractivity contribution in [3.05, 3.63) is 102 Å². The standard InChI is InChI=1S/C21H21NO/c23-21(18-12-6-2-7-13-18)16-20(17-10-4-1-5-11-17)22-19-14-8-3-9-15-19/h1-15,20-23H,16H2/t20-,21-/m1/s1. The molecule has 0 saturated carbocycles. The van der Waals surface area contributed by atoms with E-state index in [4.69, 9.17) is 0 Å². The molecule has 0 bridgehead atoms. The zero-order valence-corrected chi connectivity index (χ0v) is 13.0. The largest absolute Gasteiger partial charge is 0.388 e. The van der Waals surface area contributed by atoms with E-state index in [1.54, 1.807) is 0 Å². The van der Waals surface area contributed by atoms with Crippen LogP contribution in [0.25, 0.3) is 0 Å². The summed E-state index contributed by atoms with van der Waals surface area (Å²) in [6, 6.07) is 30.3. The highest BCUT2D eigenvalue weighted by atomic mass is 16.3. The van der Waals surface area contributed by atoms with Gasteiger partial charge in [-0.05, 0) is 23.3 Å². The Morgan fingerprint density at radius 3 is 1.70 bits per heavy atom. The van der Waals surface area contributed by atoms with E-state index in [-0.39, 0.29) is 6.04 Å². The van der Waals surface area contributed by atoms with Crippen molar-refractivity contribution in [1.82, 2.24) is 0 Å². The maximum atomic E-state index is 10.6. The fourth-order valence-corrected chi connectivity index (χ4v) is 2.73. The number of para-hydroxylation sites is 1. The zero-order chi connectivity index (χ0) is 15.9. The fourth-order valence-electron chi connectivity index (χ4n) is 2.73. The Labute approximate surface area is 137 Å². The minimum atomic E-state index is -0.502. The van der Waals surface area contributed by atoms with Crippen LogP contribution in [0, 0.1) is 0 Å². The second-order valence-corrected chi connectivity index (χ2v) is 5.64. The van der Waals surface area contributed by atoms with Crippen molar-refractivity contribution in [1.29, 1.82) is 0 Å². The van der Waals surface area contributed by atoms with E-state index in [0.29, 0.717) is 6.42 Å². The molecule has 2 nitrogen and oxygen atoms in total. The molecule has 0 unspecified atom stereocenters. The molecule has 0 fully saturated rings. The molecule has 2 atom stereocenters. The number of anilines is 1.